The van der Waals surface area contributed by atoms with E-state index in [1.807, 2.05) is 0 Å². The second kappa shape index (κ2) is 5.45. The van der Waals surface area contributed by atoms with E-state index in [1.54, 1.807) is 0 Å². The number of anilines is 2. The van der Waals surface area contributed by atoms with Crippen LogP contribution in [0.2, 0.25) is 19.6 Å². The van der Waals surface area contributed by atoms with Crippen LogP contribution in [0.25, 0.3) is 0 Å². The first-order valence-electron chi connectivity index (χ1n) is 7.23. The molecule has 0 amide bonds. The van der Waals surface area contributed by atoms with Crippen molar-refractivity contribution in [2.75, 3.05) is 5.32 Å². The van der Waals surface area contributed by atoms with Crippen LogP contribution in [-0.2, 0) is 0 Å². The van der Waals surface area contributed by atoms with Crippen LogP contribution in [0.5, 0.6) is 0 Å². The molecule has 0 radical (unpaired) electrons. The lowest BCUT2D eigenvalue weighted by Crippen LogP contribution is -2.37. The first-order chi connectivity index (χ1) is 9.27. The van der Waals surface area contributed by atoms with Gasteiger partial charge in [-0.25, -0.2) is 0 Å². The third-order valence-electron chi connectivity index (χ3n) is 3.97. The molecular weight excluding hydrogens is 258 g/mol. The van der Waals surface area contributed by atoms with E-state index in [0.717, 1.165) is 5.69 Å². The summed E-state index contributed by atoms with van der Waals surface area (Å²) in [6.45, 7) is 13.6. The van der Waals surface area contributed by atoms with Gasteiger partial charge in [0.15, 0.2) is 0 Å². The fraction of sp³-hybridized carbons (Fsp3) is 0.333. The normalized spacial score (nSPS) is 11.5. The van der Waals surface area contributed by atoms with Gasteiger partial charge in [-0.15, -0.1) is 0 Å². The number of nitrogens with one attached hydrogen (secondary N) is 1. The minimum atomic E-state index is -1.20. The molecule has 0 aliphatic carbocycles. The van der Waals surface area contributed by atoms with Gasteiger partial charge in [0.05, 0.1) is 8.07 Å². The minimum Gasteiger partial charge on any atom is -0.356 e. The van der Waals surface area contributed by atoms with Crippen LogP contribution in [0.1, 0.15) is 16.7 Å². The summed E-state index contributed by atoms with van der Waals surface area (Å²) >= 11 is 0. The van der Waals surface area contributed by atoms with Gasteiger partial charge in [-0.05, 0) is 61.7 Å². The van der Waals surface area contributed by atoms with E-state index in [-0.39, 0.29) is 0 Å². The zero-order chi connectivity index (χ0) is 14.9. The molecule has 0 saturated carbocycles. The number of benzene rings is 2. The van der Waals surface area contributed by atoms with E-state index in [9.17, 15) is 0 Å². The SMILES string of the molecule is Cc1cc(Nc2ccc([Si](C)(C)C)cc2)cc(C)c1C. The summed E-state index contributed by atoms with van der Waals surface area (Å²) in [5.74, 6) is 0. The molecule has 0 unspecified atom stereocenters. The van der Waals surface area contributed by atoms with Crippen molar-refractivity contribution in [3.63, 3.8) is 0 Å². The maximum atomic E-state index is 3.51. The molecule has 1 N–H and O–H groups in total. The Bertz CT molecular complexity index is 583. The first-order valence-corrected chi connectivity index (χ1v) is 10.7. The van der Waals surface area contributed by atoms with Crippen molar-refractivity contribution in [1.29, 1.82) is 0 Å². The Morgan fingerprint density at radius 2 is 1.25 bits per heavy atom. The van der Waals surface area contributed by atoms with E-state index >= 15 is 0 Å². The zero-order valence-electron chi connectivity index (χ0n) is 13.5. The van der Waals surface area contributed by atoms with E-state index in [2.05, 4.69) is 82.1 Å². The number of hydrogen-bond donors (Lipinski definition) is 1. The predicted octanol–water partition coefficient (Wildman–Crippen LogP) is 4.90. The molecule has 0 bridgehead atoms. The maximum absolute atomic E-state index is 3.51. The second-order valence-corrected chi connectivity index (χ2v) is 11.8. The quantitative estimate of drug-likeness (QED) is 0.790. The van der Waals surface area contributed by atoms with Gasteiger partial charge in [-0.2, -0.15) is 0 Å². The van der Waals surface area contributed by atoms with Crippen LogP contribution in [0, 0.1) is 20.8 Å². The second-order valence-electron chi connectivity index (χ2n) is 6.69. The van der Waals surface area contributed by atoms with E-state index in [0.29, 0.717) is 0 Å². The Hall–Kier alpha value is -1.54. The van der Waals surface area contributed by atoms with Crippen molar-refractivity contribution < 1.29 is 0 Å². The van der Waals surface area contributed by atoms with Crippen molar-refractivity contribution in [2.24, 2.45) is 0 Å². The zero-order valence-corrected chi connectivity index (χ0v) is 14.5. The van der Waals surface area contributed by atoms with Crippen molar-refractivity contribution >= 4 is 24.6 Å². The Kier molecular flexibility index (Phi) is 4.05. The van der Waals surface area contributed by atoms with Crippen molar-refractivity contribution in [3.05, 3.63) is 53.1 Å². The molecule has 0 heterocycles. The summed E-state index contributed by atoms with van der Waals surface area (Å²) in [4.78, 5) is 0. The van der Waals surface area contributed by atoms with Gasteiger partial charge >= 0.3 is 0 Å². The Morgan fingerprint density at radius 3 is 1.70 bits per heavy atom. The van der Waals surface area contributed by atoms with Gasteiger partial charge in [0.1, 0.15) is 0 Å². The average molecular weight is 283 g/mol. The molecule has 0 aliphatic heterocycles. The molecule has 1 nitrogen and oxygen atoms in total. The van der Waals surface area contributed by atoms with Crippen LogP contribution in [0.4, 0.5) is 11.4 Å². The first kappa shape index (κ1) is 14.9. The Balaban J connectivity index is 2.23. The van der Waals surface area contributed by atoms with Crippen LogP contribution < -0.4 is 10.5 Å². The molecule has 0 saturated heterocycles. The van der Waals surface area contributed by atoms with Gasteiger partial charge in [0, 0.05) is 11.4 Å². The van der Waals surface area contributed by atoms with E-state index in [1.165, 1.54) is 27.6 Å². The third kappa shape index (κ3) is 3.31. The van der Waals surface area contributed by atoms with Crippen molar-refractivity contribution in [2.45, 2.75) is 40.4 Å². The van der Waals surface area contributed by atoms with Gasteiger partial charge in [-0.1, -0.05) is 37.0 Å². The lowest BCUT2D eigenvalue weighted by molar-refractivity contribution is 1.26. The summed E-state index contributed by atoms with van der Waals surface area (Å²) in [7, 11) is -1.20. The fourth-order valence-corrected chi connectivity index (χ4v) is 3.49. The molecule has 2 rings (SSSR count). The molecule has 2 aromatic rings. The number of hydrogen-bond acceptors (Lipinski definition) is 1. The van der Waals surface area contributed by atoms with Gasteiger partial charge in [-0.3, -0.25) is 0 Å². The smallest absolute Gasteiger partial charge is 0.0775 e. The molecule has 0 fully saturated rings. The summed E-state index contributed by atoms with van der Waals surface area (Å²) < 4.78 is 0. The molecule has 0 aliphatic rings. The van der Waals surface area contributed by atoms with Crippen molar-refractivity contribution in [1.82, 2.24) is 0 Å². The molecule has 2 heteroatoms. The molecule has 20 heavy (non-hydrogen) atoms. The summed E-state index contributed by atoms with van der Waals surface area (Å²) in [5.41, 5.74) is 6.39. The predicted molar refractivity (Wildman–Crippen MR) is 93.4 cm³/mol. The highest BCUT2D eigenvalue weighted by atomic mass is 28.3. The molecule has 106 valence electrons. The fourth-order valence-electron chi connectivity index (χ4n) is 2.33. The standard InChI is InChI=1S/C18H25NSi/c1-13-11-17(12-14(2)15(13)3)19-16-7-9-18(10-8-16)20(4,5)6/h7-12,19H,1-6H3. The lowest BCUT2D eigenvalue weighted by Gasteiger charge is -2.17. The highest BCUT2D eigenvalue weighted by molar-refractivity contribution is 6.88. The number of aryl methyl sites for hydroxylation is 2. The van der Waals surface area contributed by atoms with Crippen molar-refractivity contribution in [3.8, 4) is 0 Å². The largest absolute Gasteiger partial charge is 0.356 e. The average Bonchev–Trinajstić information content (AvgIpc) is 2.35. The highest BCUT2D eigenvalue weighted by Crippen LogP contribution is 2.22. The minimum absolute atomic E-state index is 1.16. The van der Waals surface area contributed by atoms with Gasteiger partial charge < -0.3 is 5.32 Å². The monoisotopic (exact) mass is 283 g/mol. The lowest BCUT2D eigenvalue weighted by atomic mass is 10.0. The summed E-state index contributed by atoms with van der Waals surface area (Å²) in [6, 6.07) is 13.4. The maximum Gasteiger partial charge on any atom is 0.0775 e. The van der Waals surface area contributed by atoms with Crippen LogP contribution in [0.15, 0.2) is 36.4 Å². The Labute approximate surface area is 124 Å². The van der Waals surface area contributed by atoms with E-state index < -0.39 is 8.07 Å². The van der Waals surface area contributed by atoms with Crippen LogP contribution in [0.3, 0.4) is 0 Å². The molecule has 0 spiro atoms. The third-order valence-corrected chi connectivity index (χ3v) is 6.03. The van der Waals surface area contributed by atoms with Gasteiger partial charge in [0.2, 0.25) is 0 Å². The molecule has 0 aromatic heterocycles. The molecule has 2 aromatic carbocycles. The number of rotatable bonds is 3. The van der Waals surface area contributed by atoms with Gasteiger partial charge in [0.25, 0.3) is 0 Å². The van der Waals surface area contributed by atoms with Crippen LogP contribution >= 0.6 is 0 Å². The van der Waals surface area contributed by atoms with E-state index in [4.69, 9.17) is 0 Å². The molecule has 0 atom stereocenters. The Morgan fingerprint density at radius 1 is 0.750 bits per heavy atom. The topological polar surface area (TPSA) is 12.0 Å². The summed E-state index contributed by atoms with van der Waals surface area (Å²) in [6.07, 6.45) is 0. The summed E-state index contributed by atoms with van der Waals surface area (Å²) in [5, 5.41) is 5.01. The molecular formula is C18H25NSi. The van der Waals surface area contributed by atoms with Crippen LogP contribution in [-0.4, -0.2) is 8.07 Å². The highest BCUT2D eigenvalue weighted by Gasteiger charge is 2.15.